The van der Waals surface area contributed by atoms with Crippen molar-refractivity contribution in [2.75, 3.05) is 7.11 Å². The van der Waals surface area contributed by atoms with Crippen LogP contribution in [0.5, 0.6) is 0 Å². The van der Waals surface area contributed by atoms with E-state index >= 15 is 0 Å². The van der Waals surface area contributed by atoms with Gasteiger partial charge in [0, 0.05) is 0 Å². The first-order valence-corrected chi connectivity index (χ1v) is 3.59. The molecule has 0 aliphatic carbocycles. The molecule has 11 heavy (non-hydrogen) atoms. The first-order chi connectivity index (χ1) is 5.29. The molecule has 0 spiro atoms. The predicted molar refractivity (Wildman–Crippen MR) is 38.2 cm³/mol. The molecule has 0 aliphatic heterocycles. The average molecular weight is 168 g/mol. The van der Waals surface area contributed by atoms with Gasteiger partial charge in [-0.1, -0.05) is 0 Å². The van der Waals surface area contributed by atoms with Gasteiger partial charge in [-0.15, -0.1) is 11.3 Å². The molecule has 0 aliphatic rings. The monoisotopic (exact) mass is 168 g/mol. The van der Waals surface area contributed by atoms with Crippen LogP contribution in [0.2, 0.25) is 0 Å². The van der Waals surface area contributed by atoms with E-state index in [0.717, 1.165) is 11.3 Å². The molecule has 0 saturated heterocycles. The molecule has 0 amide bonds. The number of nitrogens with zero attached hydrogens (tertiary/aromatic N) is 2. The maximum absolute atomic E-state index is 10.8. The third kappa shape index (κ3) is 1.36. The van der Waals surface area contributed by atoms with Crippen molar-refractivity contribution >= 4 is 17.3 Å². The summed E-state index contributed by atoms with van der Waals surface area (Å²) in [6, 6.07) is 1.85. The van der Waals surface area contributed by atoms with E-state index in [-0.39, 0.29) is 10.6 Å². The Balaban J connectivity index is 3.05. The molecule has 1 aromatic rings. The maximum Gasteiger partial charge on any atom is 0.358 e. The Labute approximate surface area is 67.1 Å². The fraction of sp³-hybridized carbons (Fsp3) is 0.167. The largest absolute Gasteiger partial charge is 0.464 e. The summed E-state index contributed by atoms with van der Waals surface area (Å²) in [5.41, 5.74) is 1.53. The Bertz CT molecular complexity index is 313. The van der Waals surface area contributed by atoms with Gasteiger partial charge in [-0.3, -0.25) is 0 Å². The highest BCUT2D eigenvalue weighted by atomic mass is 32.1. The molecule has 0 bridgehead atoms. The highest BCUT2D eigenvalue weighted by Gasteiger charge is 2.13. The summed E-state index contributed by atoms with van der Waals surface area (Å²) in [5.74, 6) is -0.567. The van der Waals surface area contributed by atoms with Gasteiger partial charge in [0.1, 0.15) is 10.9 Å². The molecule has 0 radical (unpaired) electrons. The Hall–Kier alpha value is -1.41. The number of carbonyl (C=O) groups excluding carboxylic acids is 1. The predicted octanol–water partition coefficient (Wildman–Crippen LogP) is 0.801. The first kappa shape index (κ1) is 7.69. The minimum atomic E-state index is -0.567. The number of esters is 1. The van der Waals surface area contributed by atoms with Crippen molar-refractivity contribution in [3.63, 3.8) is 0 Å². The van der Waals surface area contributed by atoms with E-state index < -0.39 is 5.97 Å². The molecule has 1 rings (SSSR count). The molecule has 0 unspecified atom stereocenters. The van der Waals surface area contributed by atoms with E-state index in [9.17, 15) is 4.79 Å². The van der Waals surface area contributed by atoms with Gasteiger partial charge in [0.15, 0.2) is 5.69 Å². The lowest BCUT2D eigenvalue weighted by Crippen LogP contribution is -2.02. The number of thiazole rings is 1. The third-order valence-electron chi connectivity index (χ3n) is 1.05. The summed E-state index contributed by atoms with van der Waals surface area (Å²) < 4.78 is 4.39. The van der Waals surface area contributed by atoms with Crippen LogP contribution in [0.25, 0.3) is 0 Å². The minimum Gasteiger partial charge on any atom is -0.464 e. The van der Waals surface area contributed by atoms with Gasteiger partial charge in [0.05, 0.1) is 12.6 Å². The molecule has 0 aromatic carbocycles. The molecular formula is C6H4N2O2S. The smallest absolute Gasteiger partial charge is 0.358 e. The lowest BCUT2D eigenvalue weighted by Gasteiger charge is -1.91. The molecule has 0 atom stereocenters. The Morgan fingerprint density at radius 1 is 1.91 bits per heavy atom. The van der Waals surface area contributed by atoms with E-state index in [1.54, 1.807) is 0 Å². The van der Waals surface area contributed by atoms with Crippen LogP contribution in [0.1, 0.15) is 15.4 Å². The zero-order valence-electron chi connectivity index (χ0n) is 5.70. The number of hydrogen-bond donors (Lipinski definition) is 0. The van der Waals surface area contributed by atoms with Crippen LogP contribution in [0, 0.1) is 11.3 Å². The number of aromatic nitrogens is 1. The normalized spacial score (nSPS) is 8.73. The highest BCUT2D eigenvalue weighted by molar-refractivity contribution is 7.10. The SMILES string of the molecule is COC(=O)c1ncsc1C#N. The van der Waals surface area contributed by atoms with Crippen LogP contribution in [0.3, 0.4) is 0 Å². The van der Waals surface area contributed by atoms with Crippen molar-refractivity contribution < 1.29 is 9.53 Å². The quantitative estimate of drug-likeness (QED) is 0.582. The molecule has 56 valence electrons. The second kappa shape index (κ2) is 3.12. The van der Waals surface area contributed by atoms with Crippen LogP contribution in [0.4, 0.5) is 0 Å². The molecular weight excluding hydrogens is 164 g/mol. The van der Waals surface area contributed by atoms with Crippen LogP contribution in [-0.4, -0.2) is 18.1 Å². The van der Waals surface area contributed by atoms with Crippen LogP contribution in [-0.2, 0) is 4.74 Å². The van der Waals surface area contributed by atoms with Crippen molar-refractivity contribution in [1.29, 1.82) is 5.26 Å². The highest BCUT2D eigenvalue weighted by Crippen LogP contribution is 2.11. The zero-order valence-corrected chi connectivity index (χ0v) is 6.51. The lowest BCUT2D eigenvalue weighted by atomic mass is 10.4. The summed E-state index contributed by atoms with van der Waals surface area (Å²) in [6.07, 6.45) is 0. The number of rotatable bonds is 1. The average Bonchev–Trinajstić information content (AvgIpc) is 2.50. The van der Waals surface area contributed by atoms with Crippen LogP contribution < -0.4 is 0 Å². The third-order valence-corrected chi connectivity index (χ3v) is 1.78. The van der Waals surface area contributed by atoms with Crippen molar-refractivity contribution in [1.82, 2.24) is 4.98 Å². The van der Waals surface area contributed by atoms with E-state index in [1.807, 2.05) is 6.07 Å². The molecule has 1 heterocycles. The summed E-state index contributed by atoms with van der Waals surface area (Å²) >= 11 is 1.12. The number of hydrogen-bond acceptors (Lipinski definition) is 5. The minimum absolute atomic E-state index is 0.0972. The molecule has 5 heteroatoms. The van der Waals surface area contributed by atoms with Gasteiger partial charge in [-0.2, -0.15) is 5.26 Å². The van der Waals surface area contributed by atoms with Crippen molar-refractivity contribution in [3.8, 4) is 6.07 Å². The van der Waals surface area contributed by atoms with Crippen molar-refractivity contribution in [2.45, 2.75) is 0 Å². The van der Waals surface area contributed by atoms with Crippen molar-refractivity contribution in [3.05, 3.63) is 16.1 Å². The van der Waals surface area contributed by atoms with Crippen molar-refractivity contribution in [2.24, 2.45) is 0 Å². The zero-order chi connectivity index (χ0) is 8.27. The number of carbonyl (C=O) groups is 1. The number of ether oxygens (including phenoxy) is 1. The van der Waals surface area contributed by atoms with Gasteiger partial charge in [-0.25, -0.2) is 9.78 Å². The Morgan fingerprint density at radius 3 is 3.18 bits per heavy atom. The molecule has 0 fully saturated rings. The van der Waals surface area contributed by atoms with E-state index in [1.165, 1.54) is 12.6 Å². The second-order valence-corrected chi connectivity index (χ2v) is 2.49. The van der Waals surface area contributed by atoms with Gasteiger partial charge >= 0.3 is 5.97 Å². The van der Waals surface area contributed by atoms with E-state index in [4.69, 9.17) is 5.26 Å². The summed E-state index contributed by atoms with van der Waals surface area (Å²) in [5, 5.41) is 8.46. The standard InChI is InChI=1S/C6H4N2O2S/c1-10-6(9)5-4(2-7)11-3-8-5/h3H,1H3. The second-order valence-electron chi connectivity index (χ2n) is 1.63. The van der Waals surface area contributed by atoms with Crippen LogP contribution >= 0.6 is 11.3 Å². The first-order valence-electron chi connectivity index (χ1n) is 2.71. The van der Waals surface area contributed by atoms with Gasteiger partial charge < -0.3 is 4.74 Å². The molecule has 4 nitrogen and oxygen atoms in total. The van der Waals surface area contributed by atoms with Gasteiger partial charge in [0.25, 0.3) is 0 Å². The number of nitriles is 1. The van der Waals surface area contributed by atoms with Crippen LogP contribution in [0.15, 0.2) is 5.51 Å². The maximum atomic E-state index is 10.8. The molecule has 0 N–H and O–H groups in total. The van der Waals surface area contributed by atoms with E-state index in [0.29, 0.717) is 0 Å². The summed E-state index contributed by atoms with van der Waals surface area (Å²) in [6.45, 7) is 0. The Kier molecular flexibility index (Phi) is 2.18. The van der Waals surface area contributed by atoms with Gasteiger partial charge in [0.2, 0.25) is 0 Å². The fourth-order valence-corrected chi connectivity index (χ4v) is 1.13. The number of methoxy groups -OCH3 is 1. The lowest BCUT2D eigenvalue weighted by molar-refractivity contribution is 0.0594. The molecule has 1 aromatic heterocycles. The molecule has 0 saturated carbocycles. The Morgan fingerprint density at radius 2 is 2.64 bits per heavy atom. The summed E-state index contributed by atoms with van der Waals surface area (Å²) in [7, 11) is 1.25. The summed E-state index contributed by atoms with van der Waals surface area (Å²) in [4.78, 5) is 14.8. The van der Waals surface area contributed by atoms with E-state index in [2.05, 4.69) is 9.72 Å². The van der Waals surface area contributed by atoms with Gasteiger partial charge in [-0.05, 0) is 0 Å². The topological polar surface area (TPSA) is 63.0 Å². The fourth-order valence-electron chi connectivity index (χ4n) is 0.568.